The molecule has 0 spiro atoms. The first-order valence-corrected chi connectivity index (χ1v) is 21.1. The van der Waals surface area contributed by atoms with Gasteiger partial charge in [0.1, 0.15) is 48.3 Å². The fraction of sp³-hybridized carbons (Fsp3) is 0.581. The molecule has 4 aromatic heterocycles. The van der Waals surface area contributed by atoms with Crippen molar-refractivity contribution in [2.24, 2.45) is 5.92 Å². The molecule has 4 N–H and O–H groups in total. The first kappa shape index (κ1) is 44.0. The predicted molar refractivity (Wildman–Crippen MR) is 196 cm³/mol. The highest BCUT2D eigenvalue weighted by atomic mass is 31.2. The highest BCUT2D eigenvalue weighted by Crippen LogP contribution is 2.58. The number of phosphoric acid groups is 2. The molecule has 0 saturated carbocycles. The number of hydrogen-bond donors (Lipinski definition) is 2. The Kier molecular flexibility index (Phi) is 13.1. The Morgan fingerprint density at radius 3 is 1.75 bits per heavy atom. The van der Waals surface area contributed by atoms with Crippen molar-refractivity contribution in [2.75, 3.05) is 38.3 Å². The zero-order valence-electron chi connectivity index (χ0n) is 32.4. The van der Waals surface area contributed by atoms with E-state index in [0.717, 1.165) is 23.5 Å². The van der Waals surface area contributed by atoms with Crippen LogP contribution in [0.3, 0.4) is 0 Å². The van der Waals surface area contributed by atoms with Gasteiger partial charge in [0.15, 0.2) is 41.6 Å². The third-order valence-electron chi connectivity index (χ3n) is 8.88. The third kappa shape index (κ3) is 9.57. The second-order valence-electron chi connectivity index (χ2n) is 13.7. The number of nitrogens with zero attached hydrogens (tertiary/aromatic N) is 8. The Bertz CT molecular complexity index is 2340. The number of anilines is 2. The summed E-state index contributed by atoms with van der Waals surface area (Å²) in [6, 6.07) is 0. The Labute approximate surface area is 342 Å². The number of aromatic nitrogens is 8. The number of fused-ring (bicyclic) bond motifs is 5. The van der Waals surface area contributed by atoms with Gasteiger partial charge in [-0.25, -0.2) is 62.1 Å². The summed E-state index contributed by atoms with van der Waals surface area (Å²) in [5.41, 5.74) is 12.2. The molecule has 7 heterocycles. The van der Waals surface area contributed by atoms with E-state index < -0.39 is 116 Å². The minimum atomic E-state index is -5.15. The Hall–Kier alpha value is -5.02. The molecule has 30 heteroatoms. The lowest BCUT2D eigenvalue weighted by Gasteiger charge is -2.28. The van der Waals surface area contributed by atoms with Gasteiger partial charge in [-0.1, -0.05) is 0 Å². The topological polar surface area (TPSA) is 335 Å². The molecule has 4 aromatic rings. The number of phosphoric ester groups is 2. The van der Waals surface area contributed by atoms with Crippen LogP contribution in [0, 0.1) is 5.92 Å². The molecule has 7 unspecified atom stereocenters. The van der Waals surface area contributed by atoms with Crippen LogP contribution in [-0.4, -0.2) is 127 Å². The van der Waals surface area contributed by atoms with Crippen LogP contribution < -0.4 is 11.5 Å². The zero-order valence-corrected chi connectivity index (χ0v) is 34.2. The third-order valence-corrected chi connectivity index (χ3v) is 11.7. The van der Waals surface area contributed by atoms with Gasteiger partial charge in [-0.15, -0.1) is 0 Å². The van der Waals surface area contributed by atoms with Gasteiger partial charge in [0, 0.05) is 0 Å². The lowest BCUT2D eigenvalue weighted by Crippen LogP contribution is -2.35. The van der Waals surface area contributed by atoms with Crippen molar-refractivity contribution in [2.45, 2.75) is 82.9 Å². The molecule has 3 saturated heterocycles. The van der Waals surface area contributed by atoms with E-state index in [2.05, 4.69) is 29.9 Å². The number of ether oxygens (including phenoxy) is 6. The maximum Gasteiger partial charge on any atom is 0.510 e. The summed E-state index contributed by atoms with van der Waals surface area (Å²) >= 11 is 0. The molecule has 0 amide bonds. The van der Waals surface area contributed by atoms with E-state index in [1.165, 1.54) is 24.7 Å². The summed E-state index contributed by atoms with van der Waals surface area (Å²) < 4.78 is 114. The van der Waals surface area contributed by atoms with Crippen LogP contribution in [0.1, 0.15) is 40.2 Å². The van der Waals surface area contributed by atoms with Gasteiger partial charge in [0.05, 0.1) is 50.1 Å². The zero-order chi connectivity index (χ0) is 43.6. The van der Waals surface area contributed by atoms with Crippen molar-refractivity contribution in [3.63, 3.8) is 0 Å². The monoisotopic (exact) mass is 904 g/mol. The van der Waals surface area contributed by atoms with Crippen LogP contribution in [-0.2, 0) is 69.5 Å². The van der Waals surface area contributed by atoms with Crippen LogP contribution in [0.4, 0.5) is 25.6 Å². The van der Waals surface area contributed by atoms with Crippen molar-refractivity contribution < 1.29 is 83.5 Å². The van der Waals surface area contributed by atoms with E-state index in [-0.39, 0.29) is 34.0 Å². The minimum absolute atomic E-state index is 0.0177. The SMILES string of the molecule is CC(C)OC(=O)OCOP1(=O)OC[C@H]2O[C@@H](n3cnc4c(N)ncnc43)C(OP(=O)(OCOC(=O)OC(C)C)OCC3O[C@@H](n4cnc5c(N)ncnc54)C(F)C3O1)C2C=O. The molecule has 332 valence electrons. The number of hydrogen-bond acceptors (Lipinski definition) is 25. The van der Waals surface area contributed by atoms with Crippen molar-refractivity contribution in [3.05, 3.63) is 25.3 Å². The van der Waals surface area contributed by atoms with Gasteiger partial charge < -0.3 is 44.7 Å². The van der Waals surface area contributed by atoms with Gasteiger partial charge >= 0.3 is 28.0 Å². The lowest BCUT2D eigenvalue weighted by atomic mass is 10.0. The van der Waals surface area contributed by atoms with Gasteiger partial charge in [-0.2, -0.15) is 0 Å². The standard InChI is InChI=1S/C31H39FN10O17P2/c1-14(2)54-30(44)48-12-52-60(46)51-7-18-23(19(32)28(57-18)41-10-39-20-24(33)35-8-37-26(20)41)59-61(47,53-13-49-31(45)55-15(3)4)50-6-17-16(5-43)22(58-60)29(56-17)42-11-40-21-25(34)36-9-38-27(21)42/h5,8-11,14-19,22-23,28-29H,6-7,12-13H2,1-4H3,(H2,33,35,37)(H2,34,36,38)/t16?,17-,18?,19?,22?,23?,28-,29-,60?,61?/m1/s1. The highest BCUT2D eigenvalue weighted by Gasteiger charge is 2.56. The quantitative estimate of drug-likeness (QED) is 0.0945. The maximum absolute atomic E-state index is 16.8. The molecule has 10 atom stereocenters. The number of alkyl halides is 1. The Morgan fingerprint density at radius 1 is 0.770 bits per heavy atom. The van der Waals surface area contributed by atoms with E-state index >= 15 is 4.39 Å². The molecule has 0 aliphatic carbocycles. The number of carbonyl (C=O) groups is 3. The summed E-state index contributed by atoms with van der Waals surface area (Å²) in [5, 5.41) is 0. The molecule has 2 bridgehead atoms. The second-order valence-corrected chi connectivity index (χ2v) is 16.9. The predicted octanol–water partition coefficient (Wildman–Crippen LogP) is 2.88. The molecule has 3 fully saturated rings. The van der Waals surface area contributed by atoms with E-state index in [4.69, 9.17) is 67.0 Å². The van der Waals surface area contributed by atoms with Gasteiger partial charge in [-0.3, -0.25) is 27.2 Å². The average molecular weight is 905 g/mol. The average Bonchev–Trinajstić information content (AvgIpc) is 3.97. The van der Waals surface area contributed by atoms with Gasteiger partial charge in [0.2, 0.25) is 13.6 Å². The fourth-order valence-corrected chi connectivity index (χ4v) is 8.76. The van der Waals surface area contributed by atoms with Crippen molar-refractivity contribution in [1.29, 1.82) is 0 Å². The Morgan fingerprint density at radius 2 is 1.25 bits per heavy atom. The van der Waals surface area contributed by atoms with Crippen LogP contribution >= 0.6 is 15.6 Å². The number of carbonyl (C=O) groups excluding carboxylic acids is 3. The number of imidazole rings is 2. The number of rotatable bonds is 11. The van der Waals surface area contributed by atoms with Crippen LogP contribution in [0.15, 0.2) is 25.3 Å². The smallest absolute Gasteiger partial charge is 0.432 e. The number of nitrogen functional groups attached to an aromatic ring is 2. The molecule has 0 radical (unpaired) electrons. The minimum Gasteiger partial charge on any atom is -0.432 e. The normalized spacial score (nSPS) is 30.7. The summed E-state index contributed by atoms with van der Waals surface area (Å²) in [4.78, 5) is 61.7. The largest absolute Gasteiger partial charge is 0.510 e. The summed E-state index contributed by atoms with van der Waals surface area (Å²) in [5.74, 6) is -1.54. The van der Waals surface area contributed by atoms with Gasteiger partial charge in [-0.05, 0) is 27.7 Å². The van der Waals surface area contributed by atoms with Crippen LogP contribution in [0.5, 0.6) is 0 Å². The molecule has 3 aliphatic heterocycles. The number of aldehydes is 1. The first-order valence-electron chi connectivity index (χ1n) is 18.2. The van der Waals surface area contributed by atoms with Crippen LogP contribution in [0.25, 0.3) is 22.3 Å². The van der Waals surface area contributed by atoms with E-state index in [1.54, 1.807) is 13.8 Å². The molecule has 3 aliphatic rings. The summed E-state index contributed by atoms with van der Waals surface area (Å²) in [6.45, 7) is 2.16. The van der Waals surface area contributed by atoms with Crippen molar-refractivity contribution >= 4 is 68.2 Å². The van der Waals surface area contributed by atoms with Crippen molar-refractivity contribution in [3.8, 4) is 0 Å². The van der Waals surface area contributed by atoms with E-state index in [1.807, 2.05) is 0 Å². The summed E-state index contributed by atoms with van der Waals surface area (Å²) in [6.07, 6.45) is -11.0. The van der Waals surface area contributed by atoms with E-state index in [9.17, 15) is 23.5 Å². The number of halogens is 1. The van der Waals surface area contributed by atoms with Gasteiger partial charge in [0.25, 0.3) is 0 Å². The maximum atomic E-state index is 16.8. The fourth-order valence-electron chi connectivity index (χ4n) is 6.26. The second kappa shape index (κ2) is 18.1. The number of nitrogens with two attached hydrogens (primary N) is 2. The van der Waals surface area contributed by atoms with Crippen LogP contribution in [0.2, 0.25) is 0 Å². The molecule has 0 aromatic carbocycles. The molecular weight excluding hydrogens is 865 g/mol. The first-order chi connectivity index (χ1) is 29.1. The van der Waals surface area contributed by atoms with Crippen molar-refractivity contribution in [1.82, 2.24) is 39.0 Å². The van der Waals surface area contributed by atoms with E-state index in [0.29, 0.717) is 6.29 Å². The molecule has 27 nitrogen and oxygen atoms in total. The summed E-state index contributed by atoms with van der Waals surface area (Å²) in [7, 11) is -10.3. The molecule has 7 rings (SSSR count). The Balaban J connectivity index is 1.27. The lowest BCUT2D eigenvalue weighted by molar-refractivity contribution is -0.115. The highest BCUT2D eigenvalue weighted by molar-refractivity contribution is 7.48. The molecular formula is C31H39FN10O17P2. The molecule has 61 heavy (non-hydrogen) atoms.